The van der Waals surface area contributed by atoms with Gasteiger partial charge in [-0.25, -0.2) is 8.78 Å². The van der Waals surface area contributed by atoms with Crippen molar-refractivity contribution in [3.63, 3.8) is 0 Å². The van der Waals surface area contributed by atoms with Gasteiger partial charge in [0, 0.05) is 5.56 Å². The first-order chi connectivity index (χ1) is 12.1. The lowest BCUT2D eigenvalue weighted by Crippen LogP contribution is -2.14. The summed E-state index contributed by atoms with van der Waals surface area (Å²) in [5.74, 6) is -2.85. The highest BCUT2D eigenvalue weighted by molar-refractivity contribution is 6.06. The average Bonchev–Trinajstić information content (AvgIpc) is 2.61. The van der Waals surface area contributed by atoms with E-state index in [1.165, 1.54) is 11.6 Å². The van der Waals surface area contributed by atoms with Gasteiger partial charge in [-0.05, 0) is 58.5 Å². The Morgan fingerprint density at radius 3 is 2.72 bits per heavy atom. The molecule has 0 atom stereocenters. The number of hydrogen-bond donors (Lipinski definition) is 1. The van der Waals surface area contributed by atoms with Gasteiger partial charge in [0.1, 0.15) is 0 Å². The van der Waals surface area contributed by atoms with Crippen molar-refractivity contribution < 1.29 is 13.6 Å². The number of fused-ring (bicyclic) bond motifs is 2. The summed E-state index contributed by atoms with van der Waals surface area (Å²) in [5, 5.41) is 1.69. The van der Waals surface area contributed by atoms with Crippen LogP contribution in [0.2, 0.25) is 0 Å². The second kappa shape index (κ2) is 5.81. The number of carbonyl (C=O) groups excluding carboxylic acids is 1. The van der Waals surface area contributed by atoms with E-state index in [9.17, 15) is 13.6 Å². The molecule has 0 heterocycles. The fraction of sp³-hybridized carbons (Fsp3) is 0.0952. The number of rotatable bonds is 2. The SMILES string of the molecule is NC(=O)c1ccc(F)c(F)c1-c1cccc2cc3c(cc12)C=CCC3. The normalized spacial score (nSPS) is 13.0. The van der Waals surface area contributed by atoms with Crippen LogP contribution in [-0.2, 0) is 6.42 Å². The van der Waals surface area contributed by atoms with Gasteiger partial charge in [0.15, 0.2) is 11.6 Å². The number of hydrogen-bond acceptors (Lipinski definition) is 1. The van der Waals surface area contributed by atoms with E-state index in [0.717, 1.165) is 35.2 Å². The van der Waals surface area contributed by atoms with E-state index < -0.39 is 17.5 Å². The smallest absolute Gasteiger partial charge is 0.249 e. The molecule has 25 heavy (non-hydrogen) atoms. The molecule has 0 fully saturated rings. The molecule has 0 saturated heterocycles. The zero-order valence-electron chi connectivity index (χ0n) is 13.4. The number of nitrogens with two attached hydrogens (primary N) is 1. The Morgan fingerprint density at radius 2 is 1.92 bits per heavy atom. The zero-order chi connectivity index (χ0) is 17.6. The van der Waals surface area contributed by atoms with Gasteiger partial charge in [-0.2, -0.15) is 0 Å². The summed E-state index contributed by atoms with van der Waals surface area (Å²) < 4.78 is 28.4. The van der Waals surface area contributed by atoms with Crippen molar-refractivity contribution >= 4 is 22.8 Å². The summed E-state index contributed by atoms with van der Waals surface area (Å²) >= 11 is 0. The predicted molar refractivity (Wildman–Crippen MR) is 95.2 cm³/mol. The minimum absolute atomic E-state index is 0.0281. The predicted octanol–water partition coefficient (Wildman–Crippen LogP) is 4.84. The number of primary amides is 1. The van der Waals surface area contributed by atoms with Crippen molar-refractivity contribution in [1.82, 2.24) is 0 Å². The van der Waals surface area contributed by atoms with E-state index in [1.807, 2.05) is 18.2 Å². The van der Waals surface area contributed by atoms with E-state index in [-0.39, 0.29) is 11.1 Å². The Labute approximate surface area is 143 Å². The van der Waals surface area contributed by atoms with Crippen LogP contribution in [0.5, 0.6) is 0 Å². The average molecular weight is 335 g/mol. The maximum atomic E-state index is 14.6. The summed E-state index contributed by atoms with van der Waals surface area (Å²) in [4.78, 5) is 11.7. The molecular weight excluding hydrogens is 320 g/mol. The van der Waals surface area contributed by atoms with Crippen molar-refractivity contribution in [2.24, 2.45) is 5.73 Å². The molecule has 2 N–H and O–H groups in total. The number of carbonyl (C=O) groups is 1. The molecule has 0 radical (unpaired) electrons. The van der Waals surface area contributed by atoms with E-state index in [0.29, 0.717) is 5.56 Å². The van der Waals surface area contributed by atoms with E-state index in [4.69, 9.17) is 5.73 Å². The minimum Gasteiger partial charge on any atom is -0.366 e. The van der Waals surface area contributed by atoms with Crippen LogP contribution in [0.1, 0.15) is 27.9 Å². The molecule has 0 spiro atoms. The van der Waals surface area contributed by atoms with Gasteiger partial charge in [0.05, 0.1) is 5.56 Å². The number of benzene rings is 3. The summed E-state index contributed by atoms with van der Waals surface area (Å²) in [6.07, 6.45) is 6.07. The minimum atomic E-state index is -1.06. The Kier molecular flexibility index (Phi) is 3.61. The first-order valence-corrected chi connectivity index (χ1v) is 8.06. The molecule has 3 aromatic carbocycles. The lowest BCUT2D eigenvalue weighted by molar-refractivity contribution is 0.100. The highest BCUT2D eigenvalue weighted by Crippen LogP contribution is 2.36. The topological polar surface area (TPSA) is 43.1 Å². The Bertz CT molecular complexity index is 1050. The van der Waals surface area contributed by atoms with Gasteiger partial charge in [-0.1, -0.05) is 36.4 Å². The molecule has 124 valence electrons. The van der Waals surface area contributed by atoms with Crippen LogP contribution >= 0.6 is 0 Å². The maximum Gasteiger partial charge on any atom is 0.249 e. The van der Waals surface area contributed by atoms with Gasteiger partial charge >= 0.3 is 0 Å². The van der Waals surface area contributed by atoms with Gasteiger partial charge < -0.3 is 5.73 Å². The Hall–Kier alpha value is -3.01. The fourth-order valence-corrected chi connectivity index (χ4v) is 3.45. The Balaban J connectivity index is 2.08. The highest BCUT2D eigenvalue weighted by atomic mass is 19.2. The van der Waals surface area contributed by atoms with Gasteiger partial charge in [0.25, 0.3) is 0 Å². The third kappa shape index (κ3) is 2.50. The molecule has 1 aliphatic carbocycles. The third-order valence-electron chi connectivity index (χ3n) is 4.65. The van der Waals surface area contributed by atoms with Crippen LogP contribution in [-0.4, -0.2) is 5.91 Å². The van der Waals surface area contributed by atoms with Gasteiger partial charge in [-0.3, -0.25) is 4.79 Å². The highest BCUT2D eigenvalue weighted by Gasteiger charge is 2.20. The van der Waals surface area contributed by atoms with Crippen LogP contribution in [0.4, 0.5) is 8.78 Å². The second-order valence-corrected chi connectivity index (χ2v) is 6.17. The first-order valence-electron chi connectivity index (χ1n) is 8.06. The van der Waals surface area contributed by atoms with Crippen LogP contribution in [0.15, 0.2) is 48.5 Å². The largest absolute Gasteiger partial charge is 0.366 e. The third-order valence-corrected chi connectivity index (χ3v) is 4.65. The molecule has 4 rings (SSSR count). The number of aryl methyl sites for hydroxylation is 1. The molecule has 4 heteroatoms. The molecule has 0 aliphatic heterocycles. The van der Waals surface area contributed by atoms with E-state index >= 15 is 0 Å². The van der Waals surface area contributed by atoms with E-state index in [1.54, 1.807) is 12.1 Å². The van der Waals surface area contributed by atoms with Crippen molar-refractivity contribution in [3.05, 3.63) is 76.9 Å². The summed E-state index contributed by atoms with van der Waals surface area (Å²) in [6.45, 7) is 0. The molecule has 0 unspecified atom stereocenters. The summed E-state index contributed by atoms with van der Waals surface area (Å²) in [5.41, 5.74) is 8.02. The molecule has 3 aromatic rings. The first kappa shape index (κ1) is 15.5. The maximum absolute atomic E-state index is 14.6. The molecule has 0 aromatic heterocycles. The van der Waals surface area contributed by atoms with Crippen molar-refractivity contribution in [2.45, 2.75) is 12.8 Å². The quantitative estimate of drug-likeness (QED) is 0.715. The molecule has 2 nitrogen and oxygen atoms in total. The molecular formula is C21H15F2NO. The van der Waals surface area contributed by atoms with Crippen LogP contribution in [0.25, 0.3) is 28.0 Å². The Morgan fingerprint density at radius 1 is 1.08 bits per heavy atom. The number of halogens is 2. The monoisotopic (exact) mass is 335 g/mol. The lowest BCUT2D eigenvalue weighted by Gasteiger charge is -2.16. The van der Waals surface area contributed by atoms with Crippen LogP contribution < -0.4 is 5.73 Å². The molecule has 1 amide bonds. The molecule has 0 bridgehead atoms. The molecule has 1 aliphatic rings. The zero-order valence-corrected chi connectivity index (χ0v) is 13.4. The van der Waals surface area contributed by atoms with Gasteiger partial charge in [0.2, 0.25) is 5.91 Å². The summed E-state index contributed by atoms with van der Waals surface area (Å²) in [7, 11) is 0. The lowest BCUT2D eigenvalue weighted by atomic mass is 9.89. The van der Waals surface area contributed by atoms with Crippen molar-refractivity contribution in [2.75, 3.05) is 0 Å². The van der Waals surface area contributed by atoms with Gasteiger partial charge in [-0.15, -0.1) is 0 Å². The number of allylic oxidation sites excluding steroid dienone is 1. The standard InChI is InChI=1S/C21H15F2NO/c22-18-9-8-16(21(24)25)19(20(18)23)15-7-3-6-14-10-12-4-1-2-5-13(12)11-17(14)15/h2-3,5-11H,1,4H2,(H2,24,25). The second-order valence-electron chi connectivity index (χ2n) is 6.17. The van der Waals surface area contributed by atoms with E-state index in [2.05, 4.69) is 12.1 Å². The van der Waals surface area contributed by atoms with Crippen molar-refractivity contribution in [3.8, 4) is 11.1 Å². The summed E-state index contributed by atoms with van der Waals surface area (Å²) in [6, 6.07) is 11.6. The number of amides is 1. The van der Waals surface area contributed by atoms with Crippen LogP contribution in [0, 0.1) is 11.6 Å². The van der Waals surface area contributed by atoms with Crippen LogP contribution in [0.3, 0.4) is 0 Å². The fourth-order valence-electron chi connectivity index (χ4n) is 3.45. The van der Waals surface area contributed by atoms with Crippen molar-refractivity contribution in [1.29, 1.82) is 0 Å². The molecule has 0 saturated carbocycles.